The van der Waals surface area contributed by atoms with Gasteiger partial charge in [0.1, 0.15) is 17.6 Å². The number of nitrogens with one attached hydrogen (secondary N) is 1. The minimum absolute atomic E-state index is 0.223. The van der Waals surface area contributed by atoms with Gasteiger partial charge in [-0.15, -0.1) is 0 Å². The second-order valence-electron chi connectivity index (χ2n) is 5.79. The highest BCUT2D eigenvalue weighted by Crippen LogP contribution is 2.35. The molecule has 1 aromatic rings. The van der Waals surface area contributed by atoms with Crippen LogP contribution < -0.4 is 20.5 Å². The molecule has 1 aliphatic rings. The largest absolute Gasteiger partial charge is 0.494 e. The maximum absolute atomic E-state index is 5.92. The molecule has 2 unspecified atom stereocenters. The van der Waals surface area contributed by atoms with Gasteiger partial charge in [-0.25, -0.2) is 4.99 Å². The van der Waals surface area contributed by atoms with Gasteiger partial charge in [0.05, 0.1) is 13.2 Å². The Labute approximate surface area is 132 Å². The maximum atomic E-state index is 5.92. The third-order valence-corrected chi connectivity index (χ3v) is 3.81. The van der Waals surface area contributed by atoms with Crippen LogP contribution in [0.1, 0.15) is 45.2 Å². The molecule has 0 amide bonds. The van der Waals surface area contributed by atoms with Crippen molar-refractivity contribution in [3.63, 3.8) is 0 Å². The molecule has 0 saturated carbocycles. The van der Waals surface area contributed by atoms with E-state index in [1.165, 1.54) is 5.56 Å². The van der Waals surface area contributed by atoms with E-state index in [1.54, 1.807) is 0 Å². The summed E-state index contributed by atoms with van der Waals surface area (Å²) in [4.78, 5) is 4.42. The van der Waals surface area contributed by atoms with Crippen LogP contribution in [0.3, 0.4) is 0 Å². The molecule has 2 rings (SSSR count). The van der Waals surface area contributed by atoms with Crippen molar-refractivity contribution in [1.82, 2.24) is 5.32 Å². The van der Waals surface area contributed by atoms with Gasteiger partial charge in [0.2, 0.25) is 0 Å². The average molecular weight is 305 g/mol. The maximum Gasteiger partial charge on any atom is 0.189 e. The SMILES string of the molecule is CCOc1cc2c(cc1CN=C(N)NC(C)CC)OC(C)C2. The summed E-state index contributed by atoms with van der Waals surface area (Å²) in [6.07, 6.45) is 2.15. The number of hydrogen-bond acceptors (Lipinski definition) is 3. The van der Waals surface area contributed by atoms with E-state index in [9.17, 15) is 0 Å². The molecule has 5 nitrogen and oxygen atoms in total. The van der Waals surface area contributed by atoms with Crippen molar-refractivity contribution in [2.45, 2.75) is 59.2 Å². The zero-order valence-corrected chi connectivity index (χ0v) is 14.0. The van der Waals surface area contributed by atoms with Crippen LogP contribution in [0, 0.1) is 0 Å². The average Bonchev–Trinajstić information content (AvgIpc) is 2.84. The molecule has 122 valence electrons. The number of nitrogens with two attached hydrogens (primary N) is 1. The molecule has 1 aromatic carbocycles. The normalized spacial score (nSPS) is 18.5. The van der Waals surface area contributed by atoms with E-state index in [2.05, 4.69) is 37.1 Å². The molecule has 0 radical (unpaired) electrons. The van der Waals surface area contributed by atoms with Gasteiger partial charge in [-0.05, 0) is 39.3 Å². The van der Waals surface area contributed by atoms with Crippen molar-refractivity contribution in [3.8, 4) is 11.5 Å². The van der Waals surface area contributed by atoms with Crippen molar-refractivity contribution in [2.75, 3.05) is 6.61 Å². The lowest BCUT2D eigenvalue weighted by Gasteiger charge is -2.13. The lowest BCUT2D eigenvalue weighted by atomic mass is 10.1. The van der Waals surface area contributed by atoms with Crippen LogP contribution in [0.2, 0.25) is 0 Å². The molecule has 0 aromatic heterocycles. The summed E-state index contributed by atoms with van der Waals surface area (Å²) in [6.45, 7) is 9.36. The molecule has 0 saturated heterocycles. The predicted molar refractivity (Wildman–Crippen MR) is 89.6 cm³/mol. The molecule has 1 heterocycles. The van der Waals surface area contributed by atoms with E-state index in [4.69, 9.17) is 15.2 Å². The molecule has 5 heteroatoms. The highest BCUT2D eigenvalue weighted by atomic mass is 16.5. The number of benzene rings is 1. The zero-order chi connectivity index (χ0) is 16.1. The zero-order valence-electron chi connectivity index (χ0n) is 14.0. The Kier molecular flexibility index (Phi) is 5.52. The Hall–Kier alpha value is -1.91. The Morgan fingerprint density at radius 2 is 2.27 bits per heavy atom. The van der Waals surface area contributed by atoms with Crippen LogP contribution >= 0.6 is 0 Å². The van der Waals surface area contributed by atoms with Crippen molar-refractivity contribution in [1.29, 1.82) is 0 Å². The summed E-state index contributed by atoms with van der Waals surface area (Å²) < 4.78 is 11.6. The molecule has 3 N–H and O–H groups in total. The van der Waals surface area contributed by atoms with E-state index in [0.717, 1.165) is 29.9 Å². The summed E-state index contributed by atoms with van der Waals surface area (Å²) in [5.74, 6) is 2.28. The number of fused-ring (bicyclic) bond motifs is 1. The molecule has 22 heavy (non-hydrogen) atoms. The van der Waals surface area contributed by atoms with E-state index in [1.807, 2.05) is 13.0 Å². The van der Waals surface area contributed by atoms with Gasteiger partial charge in [-0.2, -0.15) is 0 Å². The monoisotopic (exact) mass is 305 g/mol. The fourth-order valence-corrected chi connectivity index (χ4v) is 2.47. The number of guanidine groups is 1. The van der Waals surface area contributed by atoms with Crippen molar-refractivity contribution in [2.24, 2.45) is 10.7 Å². The van der Waals surface area contributed by atoms with E-state index in [-0.39, 0.29) is 6.10 Å². The number of nitrogens with zero attached hydrogens (tertiary/aromatic N) is 1. The molecule has 0 bridgehead atoms. The van der Waals surface area contributed by atoms with E-state index in [0.29, 0.717) is 25.2 Å². The van der Waals surface area contributed by atoms with E-state index >= 15 is 0 Å². The summed E-state index contributed by atoms with van der Waals surface area (Å²) >= 11 is 0. The summed E-state index contributed by atoms with van der Waals surface area (Å²) in [7, 11) is 0. The second kappa shape index (κ2) is 7.38. The first-order valence-corrected chi connectivity index (χ1v) is 8.05. The molecule has 1 aliphatic heterocycles. The molecule has 0 aliphatic carbocycles. The standard InChI is InChI=1S/C17H27N3O2/c1-5-11(3)20-17(18)19-10-14-9-16-13(7-12(4)22-16)8-15(14)21-6-2/h8-9,11-12H,5-7,10H2,1-4H3,(H3,18,19,20). The van der Waals surface area contributed by atoms with Crippen LogP contribution in [0.25, 0.3) is 0 Å². The van der Waals surface area contributed by atoms with Crippen LogP contribution in [-0.4, -0.2) is 24.7 Å². The lowest BCUT2D eigenvalue weighted by molar-refractivity contribution is 0.254. The van der Waals surface area contributed by atoms with Crippen molar-refractivity contribution < 1.29 is 9.47 Å². The molecule has 2 atom stereocenters. The Morgan fingerprint density at radius 3 is 2.95 bits per heavy atom. The summed E-state index contributed by atoms with van der Waals surface area (Å²) in [5, 5.41) is 3.17. The Morgan fingerprint density at radius 1 is 1.50 bits per heavy atom. The predicted octanol–water partition coefficient (Wildman–Crippen LogP) is 2.61. The number of aliphatic imine (C=N–C) groups is 1. The first kappa shape index (κ1) is 16.5. The minimum Gasteiger partial charge on any atom is -0.494 e. The second-order valence-corrected chi connectivity index (χ2v) is 5.79. The smallest absolute Gasteiger partial charge is 0.189 e. The summed E-state index contributed by atoms with van der Waals surface area (Å²) in [5.41, 5.74) is 8.13. The minimum atomic E-state index is 0.223. The molecule has 0 spiro atoms. The fraction of sp³-hybridized carbons (Fsp3) is 0.588. The van der Waals surface area contributed by atoms with Gasteiger partial charge >= 0.3 is 0 Å². The first-order chi connectivity index (χ1) is 10.5. The van der Waals surface area contributed by atoms with Gasteiger partial charge in [-0.3, -0.25) is 0 Å². The number of ether oxygens (including phenoxy) is 2. The van der Waals surface area contributed by atoms with Gasteiger partial charge in [0, 0.05) is 23.6 Å². The number of hydrogen-bond donors (Lipinski definition) is 2. The third-order valence-electron chi connectivity index (χ3n) is 3.81. The quantitative estimate of drug-likeness (QED) is 0.626. The molecular formula is C17H27N3O2. The third kappa shape index (κ3) is 4.06. The van der Waals surface area contributed by atoms with Gasteiger partial charge in [-0.1, -0.05) is 6.92 Å². The molecular weight excluding hydrogens is 278 g/mol. The topological polar surface area (TPSA) is 68.9 Å². The first-order valence-electron chi connectivity index (χ1n) is 8.05. The van der Waals surface area contributed by atoms with Gasteiger partial charge in [0.25, 0.3) is 0 Å². The summed E-state index contributed by atoms with van der Waals surface area (Å²) in [6, 6.07) is 4.43. The van der Waals surface area contributed by atoms with Crippen LogP contribution in [0.15, 0.2) is 17.1 Å². The highest BCUT2D eigenvalue weighted by molar-refractivity contribution is 5.78. The van der Waals surface area contributed by atoms with Crippen LogP contribution in [0.4, 0.5) is 0 Å². The van der Waals surface area contributed by atoms with Gasteiger partial charge in [0.15, 0.2) is 5.96 Å². The number of rotatable bonds is 6. The fourth-order valence-electron chi connectivity index (χ4n) is 2.47. The Balaban J connectivity index is 2.15. The lowest BCUT2D eigenvalue weighted by Crippen LogP contribution is -2.38. The van der Waals surface area contributed by atoms with Crippen LogP contribution in [-0.2, 0) is 13.0 Å². The van der Waals surface area contributed by atoms with E-state index < -0.39 is 0 Å². The highest BCUT2D eigenvalue weighted by Gasteiger charge is 2.21. The van der Waals surface area contributed by atoms with Crippen LogP contribution in [0.5, 0.6) is 11.5 Å². The van der Waals surface area contributed by atoms with Crippen molar-refractivity contribution >= 4 is 5.96 Å². The van der Waals surface area contributed by atoms with Crippen molar-refractivity contribution in [3.05, 3.63) is 23.3 Å². The molecule has 0 fully saturated rings. The Bertz CT molecular complexity index is 543. The van der Waals surface area contributed by atoms with Gasteiger partial charge < -0.3 is 20.5 Å².